The Labute approximate surface area is 119 Å². The Bertz CT molecular complexity index is 597. The van der Waals surface area contributed by atoms with E-state index in [0.717, 1.165) is 49.0 Å². The topological polar surface area (TPSA) is 41.9 Å². The van der Waals surface area contributed by atoms with Crippen molar-refractivity contribution in [3.05, 3.63) is 53.4 Å². The lowest BCUT2D eigenvalue weighted by Crippen LogP contribution is -2.21. The Hall–Kier alpha value is -1.81. The van der Waals surface area contributed by atoms with Crippen molar-refractivity contribution >= 4 is 0 Å². The van der Waals surface area contributed by atoms with Crippen LogP contribution in [0.4, 0.5) is 0 Å². The first-order chi connectivity index (χ1) is 9.70. The van der Waals surface area contributed by atoms with Gasteiger partial charge in [-0.05, 0) is 45.0 Å². The first-order valence-corrected chi connectivity index (χ1v) is 7.15. The molecule has 0 amide bonds. The van der Waals surface area contributed by atoms with Crippen molar-refractivity contribution in [2.45, 2.75) is 32.7 Å². The lowest BCUT2D eigenvalue weighted by molar-refractivity contribution is 0.321. The molecule has 0 aromatic carbocycles. The normalized spacial score (nSPS) is 19.4. The molecule has 2 aromatic heterocycles. The van der Waals surface area contributed by atoms with Gasteiger partial charge >= 0.3 is 0 Å². The molecule has 0 saturated carbocycles. The van der Waals surface area contributed by atoms with Gasteiger partial charge in [-0.25, -0.2) is 9.97 Å². The maximum absolute atomic E-state index is 4.58. The molecule has 0 radical (unpaired) electrons. The minimum absolute atomic E-state index is 0.458. The van der Waals surface area contributed by atoms with Crippen molar-refractivity contribution in [2.24, 2.45) is 0 Å². The highest BCUT2D eigenvalue weighted by Crippen LogP contribution is 2.25. The minimum Gasteiger partial charge on any atom is -0.297 e. The Morgan fingerprint density at radius 1 is 1.15 bits per heavy atom. The maximum atomic E-state index is 4.58. The number of hydrogen-bond acceptors (Lipinski definition) is 4. The fourth-order valence-electron chi connectivity index (χ4n) is 2.77. The van der Waals surface area contributed by atoms with E-state index >= 15 is 0 Å². The van der Waals surface area contributed by atoms with Crippen LogP contribution in [-0.2, 0) is 6.54 Å². The van der Waals surface area contributed by atoms with Crippen molar-refractivity contribution in [3.63, 3.8) is 0 Å². The average molecular weight is 268 g/mol. The van der Waals surface area contributed by atoms with Gasteiger partial charge in [0.05, 0.1) is 5.69 Å². The van der Waals surface area contributed by atoms with Crippen LogP contribution in [0.1, 0.15) is 35.2 Å². The highest BCUT2D eigenvalue weighted by atomic mass is 15.2. The first-order valence-electron chi connectivity index (χ1n) is 7.15. The van der Waals surface area contributed by atoms with E-state index in [1.54, 1.807) is 0 Å². The molecule has 1 aliphatic rings. The molecule has 1 saturated heterocycles. The summed E-state index contributed by atoms with van der Waals surface area (Å²) in [6, 6.07) is 8.17. The Balaban J connectivity index is 1.65. The Kier molecular flexibility index (Phi) is 3.74. The zero-order valence-electron chi connectivity index (χ0n) is 12.1. The molecule has 20 heavy (non-hydrogen) atoms. The van der Waals surface area contributed by atoms with Crippen LogP contribution in [0.3, 0.4) is 0 Å². The molecule has 1 fully saturated rings. The molecule has 104 valence electrons. The average Bonchev–Trinajstić information content (AvgIpc) is 2.87. The van der Waals surface area contributed by atoms with Crippen molar-refractivity contribution in [1.82, 2.24) is 19.9 Å². The summed E-state index contributed by atoms with van der Waals surface area (Å²) in [7, 11) is 0. The van der Waals surface area contributed by atoms with Crippen molar-refractivity contribution < 1.29 is 0 Å². The molecule has 1 aliphatic heterocycles. The summed E-state index contributed by atoms with van der Waals surface area (Å²) in [5.41, 5.74) is 3.28. The number of likely N-dealkylation sites (tertiary alicyclic amines) is 1. The molecule has 0 aliphatic carbocycles. The van der Waals surface area contributed by atoms with Crippen LogP contribution in [0.15, 0.2) is 30.5 Å². The number of aryl methyl sites for hydroxylation is 2. The van der Waals surface area contributed by atoms with Gasteiger partial charge in [-0.1, -0.05) is 6.07 Å². The SMILES string of the molecule is Cc1cccc(CN2CC[C@H](c3nccc(C)n3)C2)n1. The maximum Gasteiger partial charge on any atom is 0.132 e. The molecule has 0 N–H and O–H groups in total. The van der Waals surface area contributed by atoms with Crippen LogP contribution in [0.5, 0.6) is 0 Å². The van der Waals surface area contributed by atoms with Crippen molar-refractivity contribution in [3.8, 4) is 0 Å². The van der Waals surface area contributed by atoms with Gasteiger partial charge in [0.15, 0.2) is 0 Å². The Morgan fingerprint density at radius 3 is 2.80 bits per heavy atom. The van der Waals surface area contributed by atoms with Crippen LogP contribution in [0, 0.1) is 13.8 Å². The van der Waals surface area contributed by atoms with Crippen LogP contribution in [0.25, 0.3) is 0 Å². The van der Waals surface area contributed by atoms with Crippen LogP contribution >= 0.6 is 0 Å². The summed E-state index contributed by atoms with van der Waals surface area (Å²) in [6.45, 7) is 7.10. The van der Waals surface area contributed by atoms with Crippen LogP contribution in [0.2, 0.25) is 0 Å². The van der Waals surface area contributed by atoms with E-state index in [1.807, 2.05) is 32.2 Å². The van der Waals surface area contributed by atoms with E-state index in [4.69, 9.17) is 0 Å². The van der Waals surface area contributed by atoms with Gasteiger partial charge in [0.1, 0.15) is 5.82 Å². The summed E-state index contributed by atoms with van der Waals surface area (Å²) >= 11 is 0. The predicted molar refractivity (Wildman–Crippen MR) is 78.4 cm³/mol. The van der Waals surface area contributed by atoms with Gasteiger partial charge in [-0.3, -0.25) is 9.88 Å². The number of rotatable bonds is 3. The second-order valence-electron chi connectivity index (χ2n) is 5.55. The predicted octanol–water partition coefficient (Wildman–Crippen LogP) is 2.48. The molecule has 1 atom stereocenters. The fraction of sp³-hybridized carbons (Fsp3) is 0.438. The third-order valence-electron chi connectivity index (χ3n) is 3.78. The Morgan fingerprint density at radius 2 is 2.00 bits per heavy atom. The third-order valence-corrected chi connectivity index (χ3v) is 3.78. The number of hydrogen-bond donors (Lipinski definition) is 0. The summed E-state index contributed by atoms with van der Waals surface area (Å²) in [5.74, 6) is 1.45. The second-order valence-corrected chi connectivity index (χ2v) is 5.55. The van der Waals surface area contributed by atoms with Gasteiger partial charge in [-0.2, -0.15) is 0 Å². The lowest BCUT2D eigenvalue weighted by atomic mass is 10.1. The van der Waals surface area contributed by atoms with E-state index in [0.29, 0.717) is 5.92 Å². The third kappa shape index (κ3) is 3.02. The van der Waals surface area contributed by atoms with Crippen LogP contribution < -0.4 is 0 Å². The minimum atomic E-state index is 0.458. The number of pyridine rings is 1. The quantitative estimate of drug-likeness (QED) is 0.857. The second kappa shape index (κ2) is 5.67. The molecule has 0 spiro atoms. The molecule has 4 nitrogen and oxygen atoms in total. The summed E-state index contributed by atoms with van der Waals surface area (Å²) < 4.78 is 0. The van der Waals surface area contributed by atoms with Gasteiger partial charge in [0.2, 0.25) is 0 Å². The monoisotopic (exact) mass is 268 g/mol. The summed E-state index contributed by atoms with van der Waals surface area (Å²) in [5, 5.41) is 0. The molecule has 2 aromatic rings. The van der Waals surface area contributed by atoms with E-state index in [9.17, 15) is 0 Å². The number of nitrogens with zero attached hydrogens (tertiary/aromatic N) is 4. The highest BCUT2D eigenvalue weighted by molar-refractivity contribution is 5.11. The molecule has 0 unspecified atom stereocenters. The van der Waals surface area contributed by atoms with E-state index in [-0.39, 0.29) is 0 Å². The van der Waals surface area contributed by atoms with E-state index < -0.39 is 0 Å². The molecular formula is C16H20N4. The summed E-state index contributed by atoms with van der Waals surface area (Å²) in [4.78, 5) is 16.0. The van der Waals surface area contributed by atoms with Gasteiger partial charge in [0, 0.05) is 36.6 Å². The molecule has 0 bridgehead atoms. The molecule has 3 heterocycles. The number of aromatic nitrogens is 3. The lowest BCUT2D eigenvalue weighted by Gasteiger charge is -2.15. The van der Waals surface area contributed by atoms with Crippen molar-refractivity contribution in [1.29, 1.82) is 0 Å². The fourth-order valence-corrected chi connectivity index (χ4v) is 2.77. The van der Waals surface area contributed by atoms with Crippen LogP contribution in [-0.4, -0.2) is 32.9 Å². The molecule has 3 rings (SSSR count). The summed E-state index contributed by atoms with van der Waals surface area (Å²) in [6.07, 6.45) is 3.00. The molecular weight excluding hydrogens is 248 g/mol. The van der Waals surface area contributed by atoms with Gasteiger partial charge in [-0.15, -0.1) is 0 Å². The largest absolute Gasteiger partial charge is 0.297 e. The zero-order chi connectivity index (χ0) is 13.9. The standard InChI is InChI=1S/C16H20N4/c1-12-4-3-5-15(18-12)11-20-9-7-14(10-20)16-17-8-6-13(2)19-16/h3-6,8,14H,7,9-11H2,1-2H3/t14-/m0/s1. The zero-order valence-corrected chi connectivity index (χ0v) is 12.1. The smallest absolute Gasteiger partial charge is 0.132 e. The molecule has 4 heteroatoms. The van der Waals surface area contributed by atoms with Crippen molar-refractivity contribution in [2.75, 3.05) is 13.1 Å². The highest BCUT2D eigenvalue weighted by Gasteiger charge is 2.26. The van der Waals surface area contributed by atoms with Gasteiger partial charge < -0.3 is 0 Å². The van der Waals surface area contributed by atoms with E-state index in [2.05, 4.69) is 32.0 Å². The van der Waals surface area contributed by atoms with Gasteiger partial charge in [0.25, 0.3) is 0 Å². The van der Waals surface area contributed by atoms with E-state index in [1.165, 1.54) is 0 Å². The first kappa shape index (κ1) is 13.2.